The summed E-state index contributed by atoms with van der Waals surface area (Å²) in [6, 6.07) is 49.7. The Kier molecular flexibility index (Phi) is 5.24. The molecule has 2 heterocycles. The van der Waals surface area contributed by atoms with Crippen LogP contribution in [0.2, 0.25) is 0 Å². The van der Waals surface area contributed by atoms with E-state index in [4.69, 9.17) is 9.97 Å². The topological polar surface area (TPSA) is 30.7 Å². The smallest absolute Gasteiger partial charge is 0.160 e. The Morgan fingerprint density at radius 2 is 1.25 bits per heavy atom. The molecule has 0 saturated heterocycles. The predicted molar refractivity (Wildman–Crippen MR) is 182 cm³/mol. The molecule has 0 N–H and O–H groups in total. The van der Waals surface area contributed by atoms with Crippen LogP contribution in [-0.4, -0.2) is 14.5 Å². The fourth-order valence-corrected chi connectivity index (χ4v) is 7.31. The highest BCUT2D eigenvalue weighted by atomic mass is 15.0. The summed E-state index contributed by atoms with van der Waals surface area (Å²) in [6.07, 6.45) is 0. The molecule has 9 rings (SSSR count). The van der Waals surface area contributed by atoms with Crippen LogP contribution in [0.15, 0.2) is 140 Å². The third-order valence-electron chi connectivity index (χ3n) is 9.36. The lowest BCUT2D eigenvalue weighted by atomic mass is 9.85. The third kappa shape index (κ3) is 3.50. The van der Waals surface area contributed by atoms with Crippen LogP contribution >= 0.6 is 0 Å². The van der Waals surface area contributed by atoms with Crippen molar-refractivity contribution < 1.29 is 0 Å². The number of para-hydroxylation sites is 1. The van der Waals surface area contributed by atoms with Crippen LogP contribution in [-0.2, 0) is 5.41 Å². The molecular weight excluding hydrogens is 534 g/mol. The highest BCUT2D eigenvalue weighted by Gasteiger charge is 2.40. The number of hydrogen-bond acceptors (Lipinski definition) is 2. The van der Waals surface area contributed by atoms with Gasteiger partial charge in [-0.3, -0.25) is 0 Å². The van der Waals surface area contributed by atoms with Gasteiger partial charge in [-0.1, -0.05) is 117 Å². The van der Waals surface area contributed by atoms with Crippen molar-refractivity contribution in [1.82, 2.24) is 14.5 Å². The highest BCUT2D eigenvalue weighted by Crippen LogP contribution is 2.53. The van der Waals surface area contributed by atoms with Gasteiger partial charge in [0.05, 0.1) is 16.7 Å². The number of rotatable bonds is 3. The Morgan fingerprint density at radius 1 is 0.545 bits per heavy atom. The van der Waals surface area contributed by atoms with E-state index in [1.165, 1.54) is 38.7 Å². The molecule has 0 spiro atoms. The van der Waals surface area contributed by atoms with Crippen molar-refractivity contribution in [2.45, 2.75) is 19.3 Å². The second kappa shape index (κ2) is 9.23. The van der Waals surface area contributed by atoms with Crippen molar-refractivity contribution >= 4 is 32.6 Å². The summed E-state index contributed by atoms with van der Waals surface area (Å²) < 4.78 is 2.46. The van der Waals surface area contributed by atoms with Gasteiger partial charge < -0.3 is 4.57 Å². The number of fused-ring (bicyclic) bond motifs is 8. The average Bonchev–Trinajstić information content (AvgIpc) is 3.55. The van der Waals surface area contributed by atoms with Gasteiger partial charge in [0.1, 0.15) is 0 Å². The zero-order valence-electron chi connectivity index (χ0n) is 24.6. The predicted octanol–water partition coefficient (Wildman–Crippen LogP) is 10.4. The molecule has 0 bridgehead atoms. The summed E-state index contributed by atoms with van der Waals surface area (Å²) in [4.78, 5) is 10.4. The molecule has 208 valence electrons. The first-order chi connectivity index (χ1) is 21.6. The van der Waals surface area contributed by atoms with Crippen molar-refractivity contribution in [1.29, 1.82) is 0 Å². The average molecular weight is 564 g/mol. The van der Waals surface area contributed by atoms with Gasteiger partial charge in [0.15, 0.2) is 5.82 Å². The summed E-state index contributed by atoms with van der Waals surface area (Å²) >= 11 is 0. The Morgan fingerprint density at radius 3 is 2.09 bits per heavy atom. The van der Waals surface area contributed by atoms with Gasteiger partial charge in [-0.05, 0) is 52.9 Å². The second-order valence-electron chi connectivity index (χ2n) is 12.2. The fourth-order valence-electron chi connectivity index (χ4n) is 7.31. The summed E-state index contributed by atoms with van der Waals surface area (Å²) in [7, 11) is 0. The van der Waals surface area contributed by atoms with Gasteiger partial charge in [0, 0.05) is 49.6 Å². The molecule has 8 aromatic rings. The molecule has 0 fully saturated rings. The minimum absolute atomic E-state index is 0.128. The van der Waals surface area contributed by atoms with Crippen LogP contribution in [0.1, 0.15) is 25.1 Å². The van der Waals surface area contributed by atoms with Crippen molar-refractivity contribution in [3.8, 4) is 39.5 Å². The van der Waals surface area contributed by atoms with Crippen molar-refractivity contribution in [3.05, 3.63) is 151 Å². The first-order valence-corrected chi connectivity index (χ1v) is 15.2. The van der Waals surface area contributed by atoms with Gasteiger partial charge in [0.25, 0.3) is 0 Å². The van der Waals surface area contributed by atoms with Crippen LogP contribution in [0, 0.1) is 0 Å². The minimum atomic E-state index is -0.128. The zero-order valence-corrected chi connectivity index (χ0v) is 24.6. The van der Waals surface area contributed by atoms with E-state index in [1.54, 1.807) is 0 Å². The molecule has 1 aliphatic rings. The quantitative estimate of drug-likeness (QED) is 0.200. The van der Waals surface area contributed by atoms with Crippen molar-refractivity contribution in [3.63, 3.8) is 0 Å². The van der Waals surface area contributed by atoms with Crippen LogP contribution in [0.5, 0.6) is 0 Å². The maximum atomic E-state index is 5.19. The third-order valence-corrected chi connectivity index (χ3v) is 9.36. The summed E-state index contributed by atoms with van der Waals surface area (Å²) in [6.45, 7) is 4.69. The second-order valence-corrected chi connectivity index (χ2v) is 12.2. The van der Waals surface area contributed by atoms with Crippen LogP contribution in [0.25, 0.3) is 72.0 Å². The summed E-state index contributed by atoms with van der Waals surface area (Å²) in [5, 5.41) is 4.67. The largest absolute Gasteiger partial charge is 0.312 e. The van der Waals surface area contributed by atoms with Crippen LogP contribution < -0.4 is 0 Å². The molecule has 2 aromatic heterocycles. The number of aromatic nitrogens is 3. The first kappa shape index (κ1) is 25.0. The molecular formula is C41H29N3. The Balaban J connectivity index is 1.24. The first-order valence-electron chi connectivity index (χ1n) is 15.2. The lowest BCUT2D eigenvalue weighted by Gasteiger charge is -2.24. The molecule has 0 atom stereocenters. The van der Waals surface area contributed by atoms with Crippen LogP contribution in [0.3, 0.4) is 0 Å². The van der Waals surface area contributed by atoms with Gasteiger partial charge in [-0.25, -0.2) is 9.97 Å². The monoisotopic (exact) mass is 563 g/mol. The van der Waals surface area contributed by atoms with Gasteiger partial charge in [-0.15, -0.1) is 0 Å². The van der Waals surface area contributed by atoms with E-state index in [-0.39, 0.29) is 5.41 Å². The SMILES string of the molecule is CC1(C)c2ccccc2-c2c1n(-c1ccc(-c3nc(-c4ccccc4)c4ccc5ccccc5c4n3)cc1)c1ccccc21. The van der Waals surface area contributed by atoms with Crippen LogP contribution in [0.4, 0.5) is 0 Å². The Bertz CT molecular complexity index is 2400. The summed E-state index contributed by atoms with van der Waals surface area (Å²) in [5.74, 6) is 0.731. The Hall–Kier alpha value is -5.54. The molecule has 1 aliphatic carbocycles. The van der Waals surface area contributed by atoms with Gasteiger partial charge in [-0.2, -0.15) is 0 Å². The zero-order chi connectivity index (χ0) is 29.4. The lowest BCUT2D eigenvalue weighted by molar-refractivity contribution is 0.624. The maximum absolute atomic E-state index is 5.19. The highest BCUT2D eigenvalue weighted by molar-refractivity contribution is 6.09. The minimum Gasteiger partial charge on any atom is -0.312 e. The lowest BCUT2D eigenvalue weighted by Crippen LogP contribution is -2.19. The fraction of sp³-hybridized carbons (Fsp3) is 0.0732. The number of hydrogen-bond donors (Lipinski definition) is 0. The molecule has 3 heteroatoms. The van der Waals surface area contributed by atoms with E-state index in [0.717, 1.165) is 44.6 Å². The van der Waals surface area contributed by atoms with E-state index in [0.29, 0.717) is 0 Å². The molecule has 44 heavy (non-hydrogen) atoms. The number of nitrogens with zero attached hydrogens (tertiary/aromatic N) is 3. The van der Waals surface area contributed by atoms with E-state index in [9.17, 15) is 0 Å². The van der Waals surface area contributed by atoms with E-state index < -0.39 is 0 Å². The van der Waals surface area contributed by atoms with Crippen molar-refractivity contribution in [2.24, 2.45) is 0 Å². The van der Waals surface area contributed by atoms with Gasteiger partial charge >= 0.3 is 0 Å². The van der Waals surface area contributed by atoms with E-state index in [1.807, 2.05) is 6.07 Å². The molecule has 0 aliphatic heterocycles. The standard InChI is InChI=1S/C41H29N3/c1-41(2)34-18-10-8-16-31(34)36-32-17-9-11-19-35(32)44(39(36)41)29-23-20-28(21-24-29)40-42-37(27-13-4-3-5-14-27)33-25-22-26-12-6-7-15-30(26)38(33)43-40/h3-25H,1-2H3. The molecule has 0 unspecified atom stereocenters. The normalized spacial score (nSPS) is 13.4. The molecule has 0 saturated carbocycles. The molecule has 0 radical (unpaired) electrons. The maximum Gasteiger partial charge on any atom is 0.160 e. The number of benzene rings is 6. The van der Waals surface area contributed by atoms with E-state index in [2.05, 4.69) is 152 Å². The Labute approximate surface area is 256 Å². The molecule has 6 aromatic carbocycles. The van der Waals surface area contributed by atoms with Crippen molar-refractivity contribution in [2.75, 3.05) is 0 Å². The van der Waals surface area contributed by atoms with E-state index >= 15 is 0 Å². The molecule has 0 amide bonds. The molecule has 3 nitrogen and oxygen atoms in total. The summed E-state index contributed by atoms with van der Waals surface area (Å²) in [5.41, 5.74) is 11.7. The van der Waals surface area contributed by atoms with Gasteiger partial charge in [0.2, 0.25) is 0 Å².